The van der Waals surface area contributed by atoms with E-state index in [4.69, 9.17) is 18.9 Å². The van der Waals surface area contributed by atoms with Gasteiger partial charge in [0.1, 0.15) is 24.7 Å². The Kier molecular flexibility index (Phi) is 5.58. The van der Waals surface area contributed by atoms with Crippen LogP contribution in [0.3, 0.4) is 0 Å². The van der Waals surface area contributed by atoms with Crippen molar-refractivity contribution in [2.24, 2.45) is 9.98 Å². The molecule has 37 heavy (non-hydrogen) atoms. The van der Waals surface area contributed by atoms with Gasteiger partial charge in [-0.1, -0.05) is 0 Å². The molecule has 1 N–H and O–H groups in total. The van der Waals surface area contributed by atoms with Gasteiger partial charge in [-0.05, 0) is 24.3 Å². The Labute approximate surface area is 210 Å². The summed E-state index contributed by atoms with van der Waals surface area (Å²) in [5, 5.41) is 2.84. The van der Waals surface area contributed by atoms with Crippen LogP contribution in [0, 0.1) is 0 Å². The van der Waals surface area contributed by atoms with Gasteiger partial charge in [0.15, 0.2) is 23.6 Å². The van der Waals surface area contributed by atoms with E-state index in [2.05, 4.69) is 20.3 Å². The summed E-state index contributed by atoms with van der Waals surface area (Å²) in [6.07, 6.45) is 2.27. The van der Waals surface area contributed by atoms with Crippen LogP contribution in [0.5, 0.6) is 11.5 Å². The average Bonchev–Trinajstić information content (AvgIpc) is 3.40. The van der Waals surface area contributed by atoms with Crippen LogP contribution in [0.2, 0.25) is 0 Å². The number of morpholine rings is 1. The molecule has 1 aromatic carbocycles. The van der Waals surface area contributed by atoms with E-state index in [1.165, 1.54) is 18.2 Å². The van der Waals surface area contributed by atoms with Crippen LogP contribution in [0.25, 0.3) is 0 Å². The first kappa shape index (κ1) is 22.8. The maximum Gasteiger partial charge on any atom is 0.410 e. The molecule has 13 heteroatoms. The third kappa shape index (κ3) is 3.88. The van der Waals surface area contributed by atoms with Crippen molar-refractivity contribution >= 4 is 35.5 Å². The van der Waals surface area contributed by atoms with E-state index in [0.717, 1.165) is 5.56 Å². The van der Waals surface area contributed by atoms with Crippen molar-refractivity contribution < 1.29 is 33.3 Å². The Morgan fingerprint density at radius 1 is 1.24 bits per heavy atom. The number of ether oxygens (including phenoxy) is 4. The fourth-order valence-corrected chi connectivity index (χ4v) is 4.52. The standard InChI is InChI=1S/C24H22N6O7/c1-34-19-15(35-9-10-36-24(33)30-12-16-18(30)22(32)37-16)5-4-14-17(19)27-23(29-8-7-26-20(14)29)28-21(31)13-3-2-6-25-11-13/h2-6,11,16,18H,7-10,12H2,1H3,(H,27,28,31)/t16-,18?/m0/s1. The summed E-state index contributed by atoms with van der Waals surface area (Å²) in [5.74, 6) is 0.979. The zero-order valence-electron chi connectivity index (χ0n) is 19.7. The molecule has 2 atom stereocenters. The summed E-state index contributed by atoms with van der Waals surface area (Å²) < 4.78 is 21.5. The van der Waals surface area contributed by atoms with Crippen molar-refractivity contribution in [2.75, 3.05) is 40.0 Å². The average molecular weight is 506 g/mol. The molecule has 2 aromatic rings. The molecule has 1 aromatic heterocycles. The number of benzene rings is 1. The number of aliphatic imine (C=N–C) groups is 2. The molecule has 2 saturated heterocycles. The first-order chi connectivity index (χ1) is 18.0. The number of nitrogens with zero attached hydrogens (tertiary/aromatic N) is 5. The second kappa shape index (κ2) is 9.08. The Bertz CT molecular complexity index is 1340. The fraction of sp³-hybridized carbons (Fsp3) is 0.333. The number of aromatic nitrogens is 1. The Morgan fingerprint density at radius 2 is 2.14 bits per heavy atom. The zero-order valence-corrected chi connectivity index (χ0v) is 19.7. The number of guanidine groups is 1. The number of pyridine rings is 1. The number of esters is 1. The highest BCUT2D eigenvalue weighted by Gasteiger charge is 2.58. The number of carbonyl (C=O) groups is 3. The maximum atomic E-state index is 12.8. The number of hydrogen-bond donors (Lipinski definition) is 1. The van der Waals surface area contributed by atoms with E-state index in [-0.39, 0.29) is 25.2 Å². The number of methoxy groups -OCH3 is 1. The van der Waals surface area contributed by atoms with Crippen LogP contribution in [0.15, 0.2) is 46.6 Å². The van der Waals surface area contributed by atoms with E-state index in [1.807, 2.05) is 11.0 Å². The largest absolute Gasteiger partial charge is 0.491 e. The van der Waals surface area contributed by atoms with Crippen molar-refractivity contribution in [1.29, 1.82) is 0 Å². The molecule has 0 aliphatic carbocycles. The molecule has 0 saturated carbocycles. The molecule has 0 spiro atoms. The summed E-state index contributed by atoms with van der Waals surface area (Å²) in [6.45, 7) is 1.49. The molecule has 0 radical (unpaired) electrons. The van der Waals surface area contributed by atoms with Crippen molar-refractivity contribution in [1.82, 2.24) is 20.1 Å². The lowest BCUT2D eigenvalue weighted by Gasteiger charge is -2.51. The minimum absolute atomic E-state index is 0.0296. The van der Waals surface area contributed by atoms with Gasteiger partial charge in [0.25, 0.3) is 5.91 Å². The number of carbonyl (C=O) groups excluding carboxylic acids is 3. The molecule has 2 amide bonds. The highest BCUT2D eigenvalue weighted by atomic mass is 16.6. The monoisotopic (exact) mass is 506 g/mol. The van der Waals surface area contributed by atoms with Crippen LogP contribution in [-0.2, 0) is 14.3 Å². The van der Waals surface area contributed by atoms with Gasteiger partial charge >= 0.3 is 12.1 Å². The van der Waals surface area contributed by atoms with Crippen molar-refractivity contribution in [3.8, 4) is 11.5 Å². The molecule has 5 heterocycles. The van der Waals surface area contributed by atoms with Crippen LogP contribution in [0.4, 0.5) is 10.5 Å². The number of amides is 2. The maximum absolute atomic E-state index is 12.8. The Balaban J connectivity index is 1.16. The van der Waals surface area contributed by atoms with E-state index in [9.17, 15) is 14.4 Å². The quantitative estimate of drug-likeness (QED) is 0.442. The molecule has 0 bridgehead atoms. The summed E-state index contributed by atoms with van der Waals surface area (Å²) in [6, 6.07) is 6.37. The topological polar surface area (TPSA) is 144 Å². The first-order valence-electron chi connectivity index (χ1n) is 11.7. The van der Waals surface area contributed by atoms with E-state index < -0.39 is 18.1 Å². The molecule has 2 fully saturated rings. The predicted molar refractivity (Wildman–Crippen MR) is 127 cm³/mol. The van der Waals surface area contributed by atoms with Crippen molar-refractivity contribution in [2.45, 2.75) is 12.1 Å². The van der Waals surface area contributed by atoms with Gasteiger partial charge in [-0.15, -0.1) is 0 Å². The van der Waals surface area contributed by atoms with Gasteiger partial charge < -0.3 is 18.9 Å². The van der Waals surface area contributed by atoms with Gasteiger partial charge in [-0.3, -0.25) is 29.9 Å². The zero-order chi connectivity index (χ0) is 25.5. The Morgan fingerprint density at radius 3 is 2.89 bits per heavy atom. The van der Waals surface area contributed by atoms with Gasteiger partial charge in [-0.25, -0.2) is 14.6 Å². The number of amidine groups is 1. The number of rotatable bonds is 6. The first-order valence-corrected chi connectivity index (χ1v) is 11.7. The third-order valence-electron chi connectivity index (χ3n) is 6.38. The van der Waals surface area contributed by atoms with Crippen LogP contribution in [-0.4, -0.2) is 96.7 Å². The summed E-state index contributed by atoms with van der Waals surface area (Å²) >= 11 is 0. The lowest BCUT2D eigenvalue weighted by molar-refractivity contribution is -0.212. The molecule has 4 aliphatic rings. The highest BCUT2D eigenvalue weighted by molar-refractivity contribution is 6.20. The van der Waals surface area contributed by atoms with Crippen LogP contribution in [0.1, 0.15) is 15.9 Å². The van der Waals surface area contributed by atoms with Gasteiger partial charge in [-0.2, -0.15) is 0 Å². The second-order valence-electron chi connectivity index (χ2n) is 8.52. The van der Waals surface area contributed by atoms with E-state index in [0.29, 0.717) is 54.2 Å². The molecular weight excluding hydrogens is 484 g/mol. The van der Waals surface area contributed by atoms with Gasteiger partial charge in [0, 0.05) is 24.5 Å². The minimum atomic E-state index is -0.586. The second-order valence-corrected chi connectivity index (χ2v) is 8.52. The number of likely N-dealkylation sites (tertiary alicyclic amines) is 1. The SMILES string of the molecule is COc1c(OCCOC(=O)N2C[C@@H]3OC(=O)C32)ccc2c1N=C(NC(=O)c1cccnc1)N1CCN=C21. The highest BCUT2D eigenvalue weighted by Crippen LogP contribution is 2.43. The molecule has 6 rings (SSSR count). The smallest absolute Gasteiger partial charge is 0.410 e. The van der Waals surface area contributed by atoms with Crippen molar-refractivity contribution in [3.63, 3.8) is 0 Å². The number of nitrogens with one attached hydrogen (secondary N) is 1. The lowest BCUT2D eigenvalue weighted by Crippen LogP contribution is -2.74. The number of hydrogen-bond acceptors (Lipinski definition) is 11. The summed E-state index contributed by atoms with van der Waals surface area (Å²) in [7, 11) is 1.49. The molecular formula is C24H22N6O7. The van der Waals surface area contributed by atoms with Crippen molar-refractivity contribution in [3.05, 3.63) is 47.8 Å². The molecule has 1 unspecified atom stereocenters. The normalized spacial score (nSPS) is 20.6. The van der Waals surface area contributed by atoms with E-state index in [1.54, 1.807) is 24.4 Å². The summed E-state index contributed by atoms with van der Waals surface area (Å²) in [4.78, 5) is 52.7. The van der Waals surface area contributed by atoms with Gasteiger partial charge in [0.2, 0.25) is 5.96 Å². The van der Waals surface area contributed by atoms with Gasteiger partial charge in [0.05, 0.1) is 25.8 Å². The Hall–Kier alpha value is -4.68. The fourth-order valence-electron chi connectivity index (χ4n) is 4.52. The minimum Gasteiger partial charge on any atom is -0.491 e. The molecule has 13 nitrogen and oxygen atoms in total. The van der Waals surface area contributed by atoms with Crippen LogP contribution < -0.4 is 14.8 Å². The third-order valence-corrected chi connectivity index (χ3v) is 6.38. The molecule has 190 valence electrons. The lowest BCUT2D eigenvalue weighted by atomic mass is 9.95. The molecule has 4 aliphatic heterocycles. The predicted octanol–water partition coefficient (Wildman–Crippen LogP) is 0.708. The van der Waals surface area contributed by atoms with E-state index >= 15 is 0 Å². The number of fused-ring (bicyclic) bond motifs is 4. The van der Waals surface area contributed by atoms with Crippen LogP contribution >= 0.6 is 0 Å². The summed E-state index contributed by atoms with van der Waals surface area (Å²) in [5.41, 5.74) is 1.60.